The zero-order valence-electron chi connectivity index (χ0n) is 19.9. The molecule has 0 fully saturated rings. The van der Waals surface area contributed by atoms with Crippen LogP contribution in [0.4, 0.5) is 0 Å². The Kier molecular flexibility index (Phi) is 8.63. The maximum absolute atomic E-state index is 12.4. The number of rotatable bonds is 12. The molecule has 0 aliphatic heterocycles. The molecule has 0 bridgehead atoms. The maximum Gasteiger partial charge on any atom is 0.251 e. The molecule has 4 aromatic rings. The summed E-state index contributed by atoms with van der Waals surface area (Å²) in [5.41, 5.74) is 2.70. The monoisotopic (exact) mass is 491 g/mol. The SMILES string of the molecule is COc1ccccc1OCCCCn1c(CCCNC(=O)c2cccc(Cl)c2)nc2ccccc21. The first-order valence-corrected chi connectivity index (χ1v) is 12.3. The molecule has 35 heavy (non-hydrogen) atoms. The summed E-state index contributed by atoms with van der Waals surface area (Å²) in [5.74, 6) is 2.44. The zero-order chi connectivity index (χ0) is 24.5. The molecule has 1 aromatic heterocycles. The number of methoxy groups -OCH3 is 1. The number of aryl methyl sites for hydroxylation is 2. The third kappa shape index (κ3) is 6.55. The smallest absolute Gasteiger partial charge is 0.251 e. The largest absolute Gasteiger partial charge is 0.493 e. The lowest BCUT2D eigenvalue weighted by Crippen LogP contribution is -2.25. The van der Waals surface area contributed by atoms with Gasteiger partial charge in [0.1, 0.15) is 5.82 Å². The van der Waals surface area contributed by atoms with E-state index in [0.717, 1.165) is 60.6 Å². The summed E-state index contributed by atoms with van der Waals surface area (Å²) in [6, 6.07) is 22.9. The van der Waals surface area contributed by atoms with Crippen molar-refractivity contribution in [1.82, 2.24) is 14.9 Å². The number of para-hydroxylation sites is 4. The second-order valence-electron chi connectivity index (χ2n) is 8.24. The van der Waals surface area contributed by atoms with Crippen molar-refractivity contribution >= 4 is 28.5 Å². The van der Waals surface area contributed by atoms with E-state index in [4.69, 9.17) is 26.1 Å². The van der Waals surface area contributed by atoms with E-state index < -0.39 is 0 Å². The van der Waals surface area contributed by atoms with Crippen molar-refractivity contribution in [2.24, 2.45) is 0 Å². The molecular weight excluding hydrogens is 462 g/mol. The third-order valence-corrected chi connectivity index (χ3v) is 6.02. The van der Waals surface area contributed by atoms with E-state index in [-0.39, 0.29) is 5.91 Å². The average Bonchev–Trinajstić information content (AvgIpc) is 3.23. The van der Waals surface area contributed by atoms with Gasteiger partial charge in [-0.15, -0.1) is 0 Å². The van der Waals surface area contributed by atoms with Gasteiger partial charge in [-0.05, 0) is 61.7 Å². The molecule has 0 saturated carbocycles. The number of halogens is 1. The van der Waals surface area contributed by atoms with Crippen LogP contribution in [0.2, 0.25) is 5.02 Å². The highest BCUT2D eigenvalue weighted by Crippen LogP contribution is 2.26. The van der Waals surface area contributed by atoms with Gasteiger partial charge in [0.05, 0.1) is 24.8 Å². The Balaban J connectivity index is 1.30. The molecule has 182 valence electrons. The molecule has 0 radical (unpaired) electrons. The molecule has 1 amide bonds. The standard InChI is InChI=1S/C28H30ClN3O3/c1-34-25-14-4-5-15-26(25)35-19-7-6-18-32-24-13-3-2-12-23(24)31-27(32)16-9-17-30-28(33)21-10-8-11-22(29)20-21/h2-5,8,10-15,20H,6-7,9,16-19H2,1H3,(H,30,33). The predicted molar refractivity (Wildman–Crippen MR) is 140 cm³/mol. The minimum Gasteiger partial charge on any atom is -0.493 e. The van der Waals surface area contributed by atoms with Gasteiger partial charge < -0.3 is 19.4 Å². The fraction of sp³-hybridized carbons (Fsp3) is 0.286. The summed E-state index contributed by atoms with van der Waals surface area (Å²) >= 11 is 5.99. The number of ether oxygens (including phenoxy) is 2. The first-order valence-electron chi connectivity index (χ1n) is 11.9. The van der Waals surface area contributed by atoms with Gasteiger partial charge in [0.25, 0.3) is 5.91 Å². The quantitative estimate of drug-likeness (QED) is 0.250. The first-order chi connectivity index (χ1) is 17.2. The number of carbonyl (C=O) groups excluding carboxylic acids is 1. The fourth-order valence-electron chi connectivity index (χ4n) is 4.04. The van der Waals surface area contributed by atoms with Crippen molar-refractivity contribution in [3.05, 3.63) is 89.2 Å². The molecule has 1 heterocycles. The number of fused-ring (bicyclic) bond motifs is 1. The number of benzene rings is 3. The van der Waals surface area contributed by atoms with Gasteiger partial charge in [0.15, 0.2) is 11.5 Å². The number of imidazole rings is 1. The highest BCUT2D eigenvalue weighted by atomic mass is 35.5. The third-order valence-electron chi connectivity index (χ3n) is 5.79. The molecule has 1 N–H and O–H groups in total. The second-order valence-corrected chi connectivity index (χ2v) is 8.68. The average molecular weight is 492 g/mol. The van der Waals surface area contributed by atoms with Crippen LogP contribution in [0.3, 0.4) is 0 Å². The lowest BCUT2D eigenvalue weighted by atomic mass is 10.2. The van der Waals surface area contributed by atoms with E-state index in [1.807, 2.05) is 42.5 Å². The van der Waals surface area contributed by atoms with Crippen molar-refractivity contribution in [2.45, 2.75) is 32.2 Å². The van der Waals surface area contributed by atoms with Gasteiger partial charge in [-0.25, -0.2) is 4.98 Å². The van der Waals surface area contributed by atoms with Crippen LogP contribution in [0.5, 0.6) is 11.5 Å². The van der Waals surface area contributed by atoms with Crippen LogP contribution in [-0.2, 0) is 13.0 Å². The Morgan fingerprint density at radius 1 is 0.971 bits per heavy atom. The number of nitrogens with one attached hydrogen (secondary N) is 1. The Bertz CT molecular complexity index is 1270. The number of hydrogen-bond acceptors (Lipinski definition) is 4. The molecule has 0 spiro atoms. The van der Waals surface area contributed by atoms with Crippen LogP contribution in [0, 0.1) is 0 Å². The van der Waals surface area contributed by atoms with Crippen LogP contribution in [0.1, 0.15) is 35.4 Å². The van der Waals surface area contributed by atoms with E-state index in [1.54, 1.807) is 31.4 Å². The molecule has 0 aliphatic rings. The Morgan fingerprint density at radius 2 is 1.77 bits per heavy atom. The van der Waals surface area contributed by atoms with E-state index in [1.165, 1.54) is 0 Å². The minimum absolute atomic E-state index is 0.115. The molecule has 0 saturated heterocycles. The van der Waals surface area contributed by atoms with E-state index in [0.29, 0.717) is 23.7 Å². The van der Waals surface area contributed by atoms with Crippen molar-refractivity contribution in [3.63, 3.8) is 0 Å². The molecule has 0 unspecified atom stereocenters. The van der Waals surface area contributed by atoms with Gasteiger partial charge >= 0.3 is 0 Å². The van der Waals surface area contributed by atoms with Crippen LogP contribution >= 0.6 is 11.6 Å². The first kappa shape index (κ1) is 24.6. The number of amides is 1. The summed E-state index contributed by atoms with van der Waals surface area (Å²) in [6.07, 6.45) is 3.46. The summed E-state index contributed by atoms with van der Waals surface area (Å²) < 4.78 is 13.5. The maximum atomic E-state index is 12.4. The van der Waals surface area contributed by atoms with E-state index >= 15 is 0 Å². The highest BCUT2D eigenvalue weighted by Gasteiger charge is 2.11. The Labute approximate surface area is 210 Å². The number of nitrogens with zero attached hydrogens (tertiary/aromatic N) is 2. The number of carbonyl (C=O) groups is 1. The van der Waals surface area contributed by atoms with Crippen molar-refractivity contribution in [1.29, 1.82) is 0 Å². The van der Waals surface area contributed by atoms with Crippen LogP contribution in [0.15, 0.2) is 72.8 Å². The lowest BCUT2D eigenvalue weighted by molar-refractivity contribution is 0.0953. The molecule has 3 aromatic carbocycles. The molecule has 7 heteroatoms. The Morgan fingerprint density at radius 3 is 2.60 bits per heavy atom. The predicted octanol–water partition coefficient (Wildman–Crippen LogP) is 5.92. The van der Waals surface area contributed by atoms with Gasteiger partial charge in [0.2, 0.25) is 0 Å². The number of aromatic nitrogens is 2. The van der Waals surface area contributed by atoms with Crippen LogP contribution in [-0.4, -0.2) is 35.7 Å². The van der Waals surface area contributed by atoms with Gasteiger partial charge in [-0.1, -0.05) is 41.9 Å². The minimum atomic E-state index is -0.115. The highest BCUT2D eigenvalue weighted by molar-refractivity contribution is 6.30. The molecule has 0 aliphatic carbocycles. The normalized spacial score (nSPS) is 10.9. The van der Waals surface area contributed by atoms with Gasteiger partial charge in [-0.2, -0.15) is 0 Å². The molecular formula is C28H30ClN3O3. The van der Waals surface area contributed by atoms with Crippen LogP contribution < -0.4 is 14.8 Å². The number of unbranched alkanes of at least 4 members (excludes halogenated alkanes) is 1. The lowest BCUT2D eigenvalue weighted by Gasteiger charge is -2.12. The Hall–Kier alpha value is -3.51. The molecule has 4 rings (SSSR count). The van der Waals surface area contributed by atoms with Gasteiger partial charge in [0, 0.05) is 30.1 Å². The summed E-state index contributed by atoms with van der Waals surface area (Å²) in [4.78, 5) is 17.2. The molecule has 6 nitrogen and oxygen atoms in total. The summed E-state index contributed by atoms with van der Waals surface area (Å²) in [5, 5.41) is 3.53. The number of hydrogen-bond donors (Lipinski definition) is 1. The van der Waals surface area contributed by atoms with Gasteiger partial charge in [-0.3, -0.25) is 4.79 Å². The summed E-state index contributed by atoms with van der Waals surface area (Å²) in [7, 11) is 1.65. The van der Waals surface area contributed by atoms with Crippen molar-refractivity contribution in [3.8, 4) is 11.5 Å². The van der Waals surface area contributed by atoms with Crippen molar-refractivity contribution in [2.75, 3.05) is 20.3 Å². The summed E-state index contributed by atoms with van der Waals surface area (Å²) in [6.45, 7) is 2.05. The topological polar surface area (TPSA) is 65.4 Å². The fourth-order valence-corrected chi connectivity index (χ4v) is 4.23. The van der Waals surface area contributed by atoms with E-state index in [9.17, 15) is 4.79 Å². The molecule has 0 atom stereocenters. The van der Waals surface area contributed by atoms with Crippen molar-refractivity contribution < 1.29 is 14.3 Å². The second kappa shape index (κ2) is 12.3. The zero-order valence-corrected chi connectivity index (χ0v) is 20.6. The van der Waals surface area contributed by atoms with Crippen LogP contribution in [0.25, 0.3) is 11.0 Å². The van der Waals surface area contributed by atoms with E-state index in [2.05, 4.69) is 16.0 Å².